The third kappa shape index (κ3) is 7.86. The Balaban J connectivity index is 2.13. The van der Waals surface area contributed by atoms with Gasteiger partial charge in [0.15, 0.2) is 5.96 Å². The van der Waals surface area contributed by atoms with Crippen molar-refractivity contribution in [1.29, 1.82) is 0 Å². The van der Waals surface area contributed by atoms with Crippen molar-refractivity contribution in [2.45, 2.75) is 39.2 Å². The molecule has 1 aromatic rings. The van der Waals surface area contributed by atoms with Crippen molar-refractivity contribution in [3.63, 3.8) is 0 Å². The van der Waals surface area contributed by atoms with Gasteiger partial charge in [-0.15, -0.1) is 0 Å². The van der Waals surface area contributed by atoms with Crippen LogP contribution in [0, 0.1) is 5.92 Å². The van der Waals surface area contributed by atoms with E-state index >= 15 is 0 Å². The molecular formula is C23H39N5O2. The van der Waals surface area contributed by atoms with Crippen molar-refractivity contribution in [3.05, 3.63) is 29.8 Å². The molecule has 7 heteroatoms. The number of likely N-dealkylation sites (N-methyl/N-ethyl adjacent to an activating group) is 1. The molecule has 0 saturated carbocycles. The van der Waals surface area contributed by atoms with E-state index in [2.05, 4.69) is 46.5 Å². The van der Waals surface area contributed by atoms with Gasteiger partial charge in [0.25, 0.3) is 0 Å². The zero-order valence-electron chi connectivity index (χ0n) is 19.3. The van der Waals surface area contributed by atoms with Gasteiger partial charge in [0.2, 0.25) is 5.91 Å². The van der Waals surface area contributed by atoms with E-state index in [0.717, 1.165) is 31.9 Å². The van der Waals surface area contributed by atoms with E-state index in [9.17, 15) is 4.79 Å². The van der Waals surface area contributed by atoms with Crippen molar-refractivity contribution in [2.75, 3.05) is 53.9 Å². The van der Waals surface area contributed by atoms with Crippen molar-refractivity contribution < 1.29 is 9.53 Å². The van der Waals surface area contributed by atoms with E-state index in [1.807, 2.05) is 12.1 Å². The minimum atomic E-state index is -0.0108. The number of aliphatic imine (C=N–C) groups is 1. The number of methoxy groups -OCH3 is 1. The second kappa shape index (κ2) is 12.4. The number of carbonyl (C=O) groups is 1. The molecule has 1 amide bonds. The molecular weight excluding hydrogens is 378 g/mol. The molecule has 30 heavy (non-hydrogen) atoms. The summed E-state index contributed by atoms with van der Waals surface area (Å²) in [5.74, 6) is 2.03. The normalized spacial score (nSPS) is 16.3. The molecule has 0 aliphatic carbocycles. The van der Waals surface area contributed by atoms with Crippen LogP contribution in [0.15, 0.2) is 29.3 Å². The highest BCUT2D eigenvalue weighted by atomic mass is 16.5. The predicted molar refractivity (Wildman–Crippen MR) is 123 cm³/mol. The summed E-state index contributed by atoms with van der Waals surface area (Å²) in [6, 6.07) is 8.58. The average Bonchev–Trinajstić information content (AvgIpc) is 2.75. The SMILES string of the molecule is COc1ccc(C(CNC(=NCC(=O)N(C)C)NCC(C)C)N2CCCCC2)cc1. The number of benzene rings is 1. The Bertz CT molecular complexity index is 667. The number of hydrogen-bond donors (Lipinski definition) is 2. The first-order valence-corrected chi connectivity index (χ1v) is 11.0. The highest BCUT2D eigenvalue weighted by Gasteiger charge is 2.23. The topological polar surface area (TPSA) is 69.2 Å². The molecule has 168 valence electrons. The molecule has 1 unspecified atom stereocenters. The molecule has 0 aromatic heterocycles. The molecule has 1 atom stereocenters. The van der Waals surface area contributed by atoms with Gasteiger partial charge in [-0.05, 0) is 49.5 Å². The van der Waals surface area contributed by atoms with Gasteiger partial charge < -0.3 is 20.3 Å². The molecule has 1 saturated heterocycles. The third-order valence-corrected chi connectivity index (χ3v) is 5.34. The summed E-state index contributed by atoms with van der Waals surface area (Å²) in [4.78, 5) is 20.6. The lowest BCUT2D eigenvalue weighted by Crippen LogP contribution is -2.45. The lowest BCUT2D eigenvalue weighted by atomic mass is 10.0. The molecule has 0 spiro atoms. The number of nitrogens with zero attached hydrogens (tertiary/aromatic N) is 3. The number of rotatable bonds is 9. The van der Waals surface area contributed by atoms with E-state index in [-0.39, 0.29) is 18.5 Å². The minimum absolute atomic E-state index is 0.0108. The fourth-order valence-electron chi connectivity index (χ4n) is 3.47. The van der Waals surface area contributed by atoms with Crippen LogP contribution in [0.2, 0.25) is 0 Å². The second-order valence-corrected chi connectivity index (χ2v) is 8.49. The van der Waals surface area contributed by atoms with Crippen LogP contribution in [-0.4, -0.2) is 75.6 Å². The lowest BCUT2D eigenvalue weighted by Gasteiger charge is -2.35. The van der Waals surface area contributed by atoms with Crippen molar-refractivity contribution in [3.8, 4) is 5.75 Å². The Morgan fingerprint density at radius 2 is 1.73 bits per heavy atom. The first-order valence-electron chi connectivity index (χ1n) is 11.0. The quantitative estimate of drug-likeness (QED) is 0.477. The van der Waals surface area contributed by atoms with E-state index in [1.54, 1.807) is 26.1 Å². The Labute approximate surface area is 181 Å². The zero-order chi connectivity index (χ0) is 21.9. The van der Waals surface area contributed by atoms with E-state index < -0.39 is 0 Å². The van der Waals surface area contributed by atoms with Crippen molar-refractivity contribution >= 4 is 11.9 Å². The number of guanidine groups is 1. The minimum Gasteiger partial charge on any atom is -0.497 e. The molecule has 1 fully saturated rings. The fraction of sp³-hybridized carbons (Fsp3) is 0.652. The van der Waals surface area contributed by atoms with Gasteiger partial charge >= 0.3 is 0 Å². The molecule has 2 N–H and O–H groups in total. The standard InChI is InChI=1S/C23H39N5O2/c1-18(2)15-24-23(26-17-22(29)27(3)4)25-16-21(28-13-7-6-8-14-28)19-9-11-20(30-5)12-10-19/h9-12,18,21H,6-8,13-17H2,1-5H3,(H2,24,25,26). The smallest absolute Gasteiger partial charge is 0.243 e. The van der Waals surface area contributed by atoms with Crippen LogP contribution < -0.4 is 15.4 Å². The molecule has 1 aliphatic heterocycles. The van der Waals surface area contributed by atoms with E-state index in [1.165, 1.54) is 24.8 Å². The molecule has 2 rings (SSSR count). The van der Waals surface area contributed by atoms with Crippen LogP contribution in [-0.2, 0) is 4.79 Å². The second-order valence-electron chi connectivity index (χ2n) is 8.49. The van der Waals surface area contributed by atoms with E-state index in [0.29, 0.717) is 11.9 Å². The summed E-state index contributed by atoms with van der Waals surface area (Å²) in [7, 11) is 5.20. The van der Waals surface area contributed by atoms with Gasteiger partial charge in [0.05, 0.1) is 13.2 Å². The van der Waals surface area contributed by atoms with Crippen LogP contribution in [0.3, 0.4) is 0 Å². The number of nitrogens with one attached hydrogen (secondary N) is 2. The van der Waals surface area contributed by atoms with E-state index in [4.69, 9.17) is 4.74 Å². The van der Waals surface area contributed by atoms with Gasteiger partial charge in [-0.1, -0.05) is 32.4 Å². The third-order valence-electron chi connectivity index (χ3n) is 5.34. The van der Waals surface area contributed by atoms with Crippen LogP contribution in [0.25, 0.3) is 0 Å². The highest BCUT2D eigenvalue weighted by Crippen LogP contribution is 2.25. The number of hydrogen-bond acceptors (Lipinski definition) is 4. The van der Waals surface area contributed by atoms with Gasteiger partial charge in [-0.3, -0.25) is 9.69 Å². The maximum Gasteiger partial charge on any atom is 0.243 e. The maximum atomic E-state index is 12.0. The van der Waals surface area contributed by atoms with Gasteiger partial charge in [-0.2, -0.15) is 0 Å². The number of ether oxygens (including phenoxy) is 1. The van der Waals surface area contributed by atoms with Crippen LogP contribution in [0.5, 0.6) is 5.75 Å². The Hall–Kier alpha value is -2.28. The Kier molecular flexibility index (Phi) is 9.94. The molecule has 1 heterocycles. The summed E-state index contributed by atoms with van der Waals surface area (Å²) in [5.41, 5.74) is 1.26. The monoisotopic (exact) mass is 417 g/mol. The predicted octanol–water partition coefficient (Wildman–Crippen LogP) is 2.50. The number of amides is 1. The Morgan fingerprint density at radius 3 is 2.30 bits per heavy atom. The fourth-order valence-corrected chi connectivity index (χ4v) is 3.47. The van der Waals surface area contributed by atoms with Crippen LogP contribution in [0.4, 0.5) is 0 Å². The molecule has 1 aromatic carbocycles. The van der Waals surface area contributed by atoms with Crippen molar-refractivity contribution in [2.24, 2.45) is 10.9 Å². The number of likely N-dealkylation sites (tertiary alicyclic amines) is 1. The first kappa shape index (κ1) is 24.0. The summed E-state index contributed by atoms with van der Waals surface area (Å²) >= 11 is 0. The zero-order valence-corrected chi connectivity index (χ0v) is 19.3. The summed E-state index contributed by atoms with van der Waals surface area (Å²) in [5, 5.41) is 6.86. The van der Waals surface area contributed by atoms with Gasteiger partial charge in [0.1, 0.15) is 12.3 Å². The number of carbonyl (C=O) groups excluding carboxylic acids is 1. The molecule has 1 aliphatic rings. The van der Waals surface area contributed by atoms with Gasteiger partial charge in [-0.25, -0.2) is 4.99 Å². The van der Waals surface area contributed by atoms with Gasteiger partial charge in [0, 0.05) is 27.2 Å². The summed E-state index contributed by atoms with van der Waals surface area (Å²) in [6.45, 7) is 8.18. The average molecular weight is 418 g/mol. The summed E-state index contributed by atoms with van der Waals surface area (Å²) in [6.07, 6.45) is 3.77. The van der Waals surface area contributed by atoms with Crippen molar-refractivity contribution in [1.82, 2.24) is 20.4 Å². The maximum absolute atomic E-state index is 12.0. The number of piperidine rings is 1. The molecule has 7 nitrogen and oxygen atoms in total. The van der Waals surface area contributed by atoms with Crippen LogP contribution in [0.1, 0.15) is 44.7 Å². The largest absolute Gasteiger partial charge is 0.497 e. The lowest BCUT2D eigenvalue weighted by molar-refractivity contribution is -0.127. The Morgan fingerprint density at radius 1 is 1.10 bits per heavy atom. The molecule has 0 radical (unpaired) electrons. The summed E-state index contributed by atoms with van der Waals surface area (Å²) < 4.78 is 5.33. The highest BCUT2D eigenvalue weighted by molar-refractivity contribution is 5.84. The van der Waals surface area contributed by atoms with Crippen LogP contribution >= 0.6 is 0 Å². The first-order chi connectivity index (χ1) is 14.4. The molecule has 0 bridgehead atoms.